The summed E-state index contributed by atoms with van der Waals surface area (Å²) in [4.78, 5) is 14.8. The Morgan fingerprint density at radius 3 is 3.20 bits per heavy atom. The molecule has 2 aromatic heterocycles. The highest BCUT2D eigenvalue weighted by Gasteiger charge is 2.12. The van der Waals surface area contributed by atoms with Crippen molar-refractivity contribution in [2.75, 3.05) is 0 Å². The molecule has 0 unspecified atom stereocenters. The van der Waals surface area contributed by atoms with Crippen LogP contribution in [-0.4, -0.2) is 14.3 Å². The molecule has 0 bridgehead atoms. The van der Waals surface area contributed by atoms with E-state index in [9.17, 15) is 10.1 Å². The van der Waals surface area contributed by atoms with Gasteiger partial charge in [0.1, 0.15) is 0 Å². The lowest BCUT2D eigenvalue weighted by molar-refractivity contribution is -0.422. The Hall–Kier alpha value is -1.40. The Bertz CT molecular complexity index is 557. The Morgan fingerprint density at radius 2 is 2.53 bits per heavy atom. The van der Waals surface area contributed by atoms with Gasteiger partial charge >= 0.3 is 0 Å². The number of halogens is 1. The number of imidazole rings is 1. The first-order chi connectivity index (χ1) is 7.09. The van der Waals surface area contributed by atoms with E-state index in [0.717, 1.165) is 4.96 Å². The van der Waals surface area contributed by atoms with Crippen LogP contribution in [0.15, 0.2) is 17.3 Å². The lowest BCUT2D eigenvalue weighted by atomic mass is 10.3. The molecule has 0 amide bonds. The van der Waals surface area contributed by atoms with Crippen molar-refractivity contribution in [2.45, 2.75) is 6.92 Å². The van der Waals surface area contributed by atoms with Gasteiger partial charge in [0.2, 0.25) is 5.70 Å². The molecule has 0 spiro atoms. The molecule has 0 aliphatic carbocycles. The van der Waals surface area contributed by atoms with E-state index >= 15 is 0 Å². The molecule has 0 aliphatic heterocycles. The molecule has 15 heavy (non-hydrogen) atoms. The van der Waals surface area contributed by atoms with Crippen LogP contribution in [0.1, 0.15) is 12.6 Å². The second kappa shape index (κ2) is 3.63. The van der Waals surface area contributed by atoms with E-state index in [-0.39, 0.29) is 10.9 Å². The van der Waals surface area contributed by atoms with Crippen LogP contribution in [0, 0.1) is 10.1 Å². The number of fused-ring (bicyclic) bond motifs is 1. The molecular formula is C8H6ClN3O2S. The third-order valence-corrected chi connectivity index (χ3v) is 2.92. The molecule has 0 radical (unpaired) electrons. The van der Waals surface area contributed by atoms with Gasteiger partial charge in [-0.15, -0.1) is 11.3 Å². The quantitative estimate of drug-likeness (QED) is 0.602. The molecule has 2 rings (SSSR count). The number of hydrogen-bond acceptors (Lipinski definition) is 4. The molecule has 7 heteroatoms. The van der Waals surface area contributed by atoms with E-state index in [4.69, 9.17) is 11.6 Å². The number of aromatic nitrogens is 2. The van der Waals surface area contributed by atoms with Crippen LogP contribution in [0.25, 0.3) is 11.0 Å². The van der Waals surface area contributed by atoms with Crippen LogP contribution >= 0.6 is 22.9 Å². The van der Waals surface area contributed by atoms with E-state index < -0.39 is 4.92 Å². The lowest BCUT2D eigenvalue weighted by Gasteiger charge is -1.92. The van der Waals surface area contributed by atoms with Gasteiger partial charge in [-0.1, -0.05) is 11.6 Å². The SMILES string of the molecule is CC(=Cc1c(Cl)nc2sccn12)[N+](=O)[O-]. The third-order valence-electron chi connectivity index (χ3n) is 1.89. The van der Waals surface area contributed by atoms with Gasteiger partial charge in [0.25, 0.3) is 0 Å². The Morgan fingerprint density at radius 1 is 1.80 bits per heavy atom. The number of nitrogens with zero attached hydrogens (tertiary/aromatic N) is 3. The molecule has 0 saturated carbocycles. The van der Waals surface area contributed by atoms with Crippen LogP contribution in [0.2, 0.25) is 5.15 Å². The second-order valence-electron chi connectivity index (χ2n) is 2.89. The predicted molar refractivity (Wildman–Crippen MR) is 58.7 cm³/mol. The van der Waals surface area contributed by atoms with E-state index in [2.05, 4.69) is 4.98 Å². The van der Waals surface area contributed by atoms with Crippen molar-refractivity contribution in [3.8, 4) is 0 Å². The van der Waals surface area contributed by atoms with Crippen molar-refractivity contribution in [2.24, 2.45) is 0 Å². The highest BCUT2D eigenvalue weighted by molar-refractivity contribution is 7.15. The van der Waals surface area contributed by atoms with Crippen molar-refractivity contribution >= 4 is 34.0 Å². The molecule has 0 N–H and O–H groups in total. The van der Waals surface area contributed by atoms with Crippen LogP contribution in [-0.2, 0) is 0 Å². The zero-order valence-corrected chi connectivity index (χ0v) is 9.25. The van der Waals surface area contributed by atoms with Gasteiger partial charge in [-0.3, -0.25) is 14.5 Å². The number of rotatable bonds is 2. The largest absolute Gasteiger partial charge is 0.289 e. The lowest BCUT2D eigenvalue weighted by Crippen LogP contribution is -1.94. The molecule has 5 nitrogen and oxygen atoms in total. The van der Waals surface area contributed by atoms with Crippen LogP contribution in [0.3, 0.4) is 0 Å². The second-order valence-corrected chi connectivity index (χ2v) is 4.12. The summed E-state index contributed by atoms with van der Waals surface area (Å²) in [6, 6.07) is 0. The molecule has 0 saturated heterocycles. The molecule has 0 fully saturated rings. The van der Waals surface area contributed by atoms with Crippen LogP contribution < -0.4 is 0 Å². The maximum Gasteiger partial charge on any atom is 0.245 e. The molecule has 2 aromatic rings. The molecule has 0 atom stereocenters. The summed E-state index contributed by atoms with van der Waals surface area (Å²) in [6.07, 6.45) is 3.19. The standard InChI is InChI=1S/C8H6ClN3O2S/c1-5(12(13)14)4-6-7(9)10-8-11(6)2-3-15-8/h2-4H,1H3. The summed E-state index contributed by atoms with van der Waals surface area (Å²) in [7, 11) is 0. The minimum absolute atomic E-state index is 0.0323. The van der Waals surface area contributed by atoms with E-state index in [1.165, 1.54) is 24.3 Å². The van der Waals surface area contributed by atoms with Gasteiger partial charge in [-0.25, -0.2) is 4.98 Å². The summed E-state index contributed by atoms with van der Waals surface area (Å²) in [5, 5.41) is 12.6. The fourth-order valence-corrected chi connectivity index (χ4v) is 2.15. The van der Waals surface area contributed by atoms with Gasteiger partial charge in [-0.2, -0.15) is 0 Å². The highest BCUT2D eigenvalue weighted by atomic mass is 35.5. The van der Waals surface area contributed by atoms with Gasteiger partial charge < -0.3 is 0 Å². The Balaban J connectivity index is 2.60. The molecule has 0 aromatic carbocycles. The summed E-state index contributed by atoms with van der Waals surface area (Å²) < 4.78 is 1.72. The van der Waals surface area contributed by atoms with Crippen LogP contribution in [0.5, 0.6) is 0 Å². The zero-order valence-electron chi connectivity index (χ0n) is 7.68. The Labute approximate surface area is 93.8 Å². The molecular weight excluding hydrogens is 238 g/mol. The number of allylic oxidation sites excluding steroid dienone is 1. The fraction of sp³-hybridized carbons (Fsp3) is 0.125. The first-order valence-electron chi connectivity index (χ1n) is 4.03. The zero-order chi connectivity index (χ0) is 11.0. The molecule has 2 heterocycles. The maximum absolute atomic E-state index is 10.5. The van der Waals surface area contributed by atoms with Crippen molar-refractivity contribution in [3.05, 3.63) is 38.2 Å². The van der Waals surface area contributed by atoms with E-state index in [1.54, 1.807) is 10.6 Å². The number of thiazole rings is 1. The first kappa shape index (κ1) is 10.1. The minimum atomic E-state index is -0.456. The topological polar surface area (TPSA) is 60.4 Å². The van der Waals surface area contributed by atoms with Crippen molar-refractivity contribution in [1.82, 2.24) is 9.38 Å². The van der Waals surface area contributed by atoms with Gasteiger partial charge in [0, 0.05) is 24.6 Å². The highest BCUT2D eigenvalue weighted by Crippen LogP contribution is 2.23. The van der Waals surface area contributed by atoms with Crippen molar-refractivity contribution in [3.63, 3.8) is 0 Å². The monoisotopic (exact) mass is 243 g/mol. The fourth-order valence-electron chi connectivity index (χ4n) is 1.16. The summed E-state index contributed by atoms with van der Waals surface area (Å²) in [6.45, 7) is 1.42. The normalized spacial score (nSPS) is 12.3. The van der Waals surface area contributed by atoms with Gasteiger partial charge in [0.15, 0.2) is 10.1 Å². The maximum atomic E-state index is 10.5. The molecule has 0 aliphatic rings. The van der Waals surface area contributed by atoms with Crippen molar-refractivity contribution < 1.29 is 4.92 Å². The third kappa shape index (κ3) is 1.73. The summed E-state index contributed by atoms with van der Waals surface area (Å²) in [5.41, 5.74) is 0.576. The van der Waals surface area contributed by atoms with E-state index in [0.29, 0.717) is 5.69 Å². The number of hydrogen-bond donors (Lipinski definition) is 0. The van der Waals surface area contributed by atoms with Gasteiger partial charge in [-0.05, 0) is 0 Å². The van der Waals surface area contributed by atoms with Gasteiger partial charge in [0.05, 0.1) is 10.6 Å². The molecule has 78 valence electrons. The van der Waals surface area contributed by atoms with E-state index in [1.807, 2.05) is 5.38 Å². The summed E-state index contributed by atoms with van der Waals surface area (Å²) >= 11 is 7.29. The average Bonchev–Trinajstić information content (AvgIpc) is 2.69. The Kier molecular flexibility index (Phi) is 2.45. The number of nitro groups is 1. The smallest absolute Gasteiger partial charge is 0.245 e. The van der Waals surface area contributed by atoms with Crippen LogP contribution in [0.4, 0.5) is 0 Å². The summed E-state index contributed by atoms with van der Waals surface area (Å²) in [5.74, 6) is 0. The minimum Gasteiger partial charge on any atom is -0.289 e. The average molecular weight is 244 g/mol. The first-order valence-corrected chi connectivity index (χ1v) is 5.29. The predicted octanol–water partition coefficient (Wildman–Crippen LogP) is 2.69. The van der Waals surface area contributed by atoms with Crippen molar-refractivity contribution in [1.29, 1.82) is 0 Å².